The Morgan fingerprint density at radius 1 is 0.780 bits per heavy atom. The van der Waals surface area contributed by atoms with Crippen molar-refractivity contribution in [3.05, 3.63) is 120 Å². The summed E-state index contributed by atoms with van der Waals surface area (Å²) in [6.07, 6.45) is -1.05. The Bertz CT molecular complexity index is 3470. The van der Waals surface area contributed by atoms with Crippen molar-refractivity contribution >= 4 is 93.6 Å². The Morgan fingerprint density at radius 3 is 2.10 bits per heavy atom. The summed E-state index contributed by atoms with van der Waals surface area (Å²) in [6, 6.07) is 17.7. The quantitative estimate of drug-likeness (QED) is 0.0373. The largest absolute Gasteiger partial charge is 0.455 e. The maximum Gasteiger partial charge on any atom is 0.338 e. The van der Waals surface area contributed by atoms with Crippen molar-refractivity contribution in [1.82, 2.24) is 34.1 Å². The van der Waals surface area contributed by atoms with Crippen LogP contribution in [0.4, 0.5) is 5.82 Å². The number of carbonyl (C=O) groups is 2. The van der Waals surface area contributed by atoms with E-state index in [0.717, 1.165) is 5.56 Å². The van der Waals surface area contributed by atoms with Gasteiger partial charge >= 0.3 is 19.4 Å². The van der Waals surface area contributed by atoms with Crippen LogP contribution in [-0.4, -0.2) is 137 Å². The fourth-order valence-corrected chi connectivity index (χ4v) is 15.9. The van der Waals surface area contributed by atoms with Crippen LogP contribution >= 0.6 is 13.4 Å². The first kappa shape index (κ1) is 60.5. The molecule has 82 heavy (non-hydrogen) atoms. The molecule has 2 bridgehead atoms. The highest BCUT2D eigenvalue weighted by Crippen LogP contribution is 2.58. The molecule has 1 N–H and O–H groups in total. The van der Waals surface area contributed by atoms with Gasteiger partial charge in [-0.2, -0.15) is 0 Å². The van der Waals surface area contributed by atoms with Gasteiger partial charge in [0.25, 0.3) is 5.91 Å². The minimum atomic E-state index is -4.32. The lowest BCUT2D eigenvalue weighted by Crippen LogP contribution is -2.50. The molecule has 8 heterocycles. The number of benzene rings is 2. The molecule has 4 aliphatic heterocycles. The number of fused-ring (bicyclic) bond motifs is 4. The number of aromatic nitrogens is 7. The summed E-state index contributed by atoms with van der Waals surface area (Å²) in [5, 5.41) is 0.0265. The second-order valence-electron chi connectivity index (χ2n) is 23.6. The second kappa shape index (κ2) is 23.7. The molecule has 0 aliphatic carbocycles. The van der Waals surface area contributed by atoms with E-state index in [9.17, 15) is 14.5 Å². The Labute approximate surface area is 489 Å². The molecule has 3 saturated heterocycles. The fourth-order valence-electron chi connectivity index (χ4n) is 9.82. The molecule has 22 nitrogen and oxygen atoms in total. The SMILES string of the molecule is [C-]#[N+]CCOP1(=S)OC[C@H]2O[C@@H](n3cc4c5c(ncnc53)N(C(=O)c3ccccc3)CCC4)[C@H](O[Si](C)(C)C(C)(C)C)[C@@H]2OP(O)(=S)OC[C@H]2O[C@@H](n3cnc4c(COC(=O)c5ccccc5)ncnc43)[C@H](O1)[C@@H]2O[Si](C)(C)C(C)(C)C. The first-order chi connectivity index (χ1) is 38.8. The number of nitrogens with zero attached hydrogens (tertiary/aromatic N) is 9. The van der Waals surface area contributed by atoms with Crippen molar-refractivity contribution in [3.8, 4) is 0 Å². The van der Waals surface area contributed by atoms with Crippen molar-refractivity contribution in [2.45, 2.75) is 146 Å². The highest BCUT2D eigenvalue weighted by molar-refractivity contribution is 8.07. The summed E-state index contributed by atoms with van der Waals surface area (Å²) in [5.74, 6) is -0.268. The van der Waals surface area contributed by atoms with E-state index in [1.165, 1.54) is 19.0 Å². The average Bonchev–Trinajstić information content (AvgIpc) is 4.21. The number of ether oxygens (including phenoxy) is 3. The predicted molar refractivity (Wildman–Crippen MR) is 317 cm³/mol. The highest BCUT2D eigenvalue weighted by Gasteiger charge is 2.57. The van der Waals surface area contributed by atoms with Crippen LogP contribution in [0.15, 0.2) is 85.8 Å². The van der Waals surface area contributed by atoms with Gasteiger partial charge in [-0.3, -0.25) is 23.3 Å². The molecule has 2 unspecified atom stereocenters. The van der Waals surface area contributed by atoms with Gasteiger partial charge in [0.15, 0.2) is 34.7 Å². The standard InChI is InChI=1S/C54H69N9O13P2S2Si2/c1-53(2,3)81(8,9)75-43-39-29-69-77(66,79)73-42-38(30-70-78(80,68-26-24-55-7)74-44(43)50(72-39)63-33-60-41-37(56-31-59-48(41)63)28-67-52(65)35-21-16-13-17-22-35)71-51(45(42)76-82(10,11)54(4,5)6)62-27-36-23-18-25-61(46-40(36)47(62)58-32-57-46)49(64)34-19-14-12-15-20-34/h12-17,19-22,27,31-33,38-39,42-45,50-51H,18,23-26,28-30H2,1-6,8-11H3,(H,66,79)/t38-,39-,42-,43-,44-,45-,50-,51-,77?,78?/m1/s1. The average molecular weight is 1230 g/mol. The van der Waals surface area contributed by atoms with E-state index in [0.29, 0.717) is 64.2 Å². The monoisotopic (exact) mass is 1230 g/mol. The van der Waals surface area contributed by atoms with Crippen LogP contribution in [0.3, 0.4) is 0 Å². The molecule has 4 aromatic heterocycles. The Morgan fingerprint density at radius 2 is 1.41 bits per heavy atom. The number of hydrogen-bond donors (Lipinski definition) is 1. The van der Waals surface area contributed by atoms with Crippen molar-refractivity contribution in [2.24, 2.45) is 0 Å². The van der Waals surface area contributed by atoms with Crippen molar-refractivity contribution in [1.29, 1.82) is 0 Å². The van der Waals surface area contributed by atoms with Gasteiger partial charge in [-0.25, -0.2) is 36.3 Å². The summed E-state index contributed by atoms with van der Waals surface area (Å²) in [5.41, 5.74) is 3.23. The van der Waals surface area contributed by atoms with Gasteiger partial charge in [-0.05, 0) is 103 Å². The van der Waals surface area contributed by atoms with Crippen LogP contribution in [0.5, 0.6) is 0 Å². The van der Waals surface area contributed by atoms with Crippen LogP contribution in [0.2, 0.25) is 36.3 Å². The number of aryl methyl sites for hydroxylation is 1. The minimum Gasteiger partial charge on any atom is -0.455 e. The molecular formula is C54H69N9O13P2S2Si2. The molecule has 10 rings (SSSR count). The first-order valence-electron chi connectivity index (χ1n) is 27.1. The molecule has 28 heteroatoms. The van der Waals surface area contributed by atoms with Crippen LogP contribution < -0.4 is 4.90 Å². The van der Waals surface area contributed by atoms with Crippen molar-refractivity contribution in [3.63, 3.8) is 0 Å². The van der Waals surface area contributed by atoms with Crippen molar-refractivity contribution < 1.29 is 60.2 Å². The minimum absolute atomic E-state index is 0.0678. The van der Waals surface area contributed by atoms with Crippen LogP contribution in [-0.2, 0) is 82.3 Å². The summed E-state index contributed by atoms with van der Waals surface area (Å²) < 4.78 is 71.5. The molecule has 10 atom stereocenters. The number of amides is 1. The molecule has 4 aliphatic rings. The zero-order valence-corrected chi connectivity index (χ0v) is 52.9. The Balaban J connectivity index is 1.05. The molecule has 0 radical (unpaired) electrons. The molecule has 6 aromatic rings. The maximum atomic E-state index is 14.2. The number of imidazole rings is 1. The number of hydrogen-bond acceptors (Lipinski definition) is 19. The summed E-state index contributed by atoms with van der Waals surface area (Å²) >= 11 is 12.4. The lowest BCUT2D eigenvalue weighted by Gasteiger charge is -2.41. The Kier molecular flexibility index (Phi) is 17.5. The van der Waals surface area contributed by atoms with Gasteiger partial charge in [-0.15, -0.1) is 0 Å². The first-order valence-corrected chi connectivity index (χ1v) is 38.1. The maximum absolute atomic E-state index is 14.2. The fraction of sp³-hybridized carbons (Fsp3) is 0.519. The molecule has 3 fully saturated rings. The molecular weight excluding hydrogens is 1160 g/mol. The van der Waals surface area contributed by atoms with Gasteiger partial charge in [0.05, 0.1) is 30.5 Å². The zero-order valence-electron chi connectivity index (χ0n) is 47.4. The number of carbonyl (C=O) groups excluding carboxylic acids is 2. The van der Waals surface area contributed by atoms with Gasteiger partial charge in [0, 0.05) is 18.3 Å². The van der Waals surface area contributed by atoms with E-state index < -0.39 is 85.1 Å². The van der Waals surface area contributed by atoms with Gasteiger partial charge in [0.2, 0.25) is 6.54 Å². The van der Waals surface area contributed by atoms with Crippen LogP contribution in [0.25, 0.3) is 27.0 Å². The number of rotatable bonds is 13. The van der Waals surface area contributed by atoms with Gasteiger partial charge < -0.3 is 50.9 Å². The van der Waals surface area contributed by atoms with E-state index >= 15 is 0 Å². The highest BCUT2D eigenvalue weighted by atomic mass is 32.5. The smallest absolute Gasteiger partial charge is 0.338 e. The zero-order chi connectivity index (χ0) is 58.6. The summed E-state index contributed by atoms with van der Waals surface area (Å²) in [4.78, 5) is 68.3. The predicted octanol–water partition coefficient (Wildman–Crippen LogP) is 9.99. The van der Waals surface area contributed by atoms with E-state index in [4.69, 9.17) is 90.8 Å². The van der Waals surface area contributed by atoms with Crippen LogP contribution in [0, 0.1) is 6.57 Å². The lowest BCUT2D eigenvalue weighted by molar-refractivity contribution is -0.0618. The van der Waals surface area contributed by atoms with E-state index in [1.807, 2.05) is 29.0 Å². The van der Waals surface area contributed by atoms with Gasteiger partial charge in [-0.1, -0.05) is 77.9 Å². The third-order valence-electron chi connectivity index (χ3n) is 16.2. The molecule has 1 amide bonds. The third kappa shape index (κ3) is 12.4. The molecule has 2 aromatic carbocycles. The normalized spacial score (nSPS) is 27.5. The summed E-state index contributed by atoms with van der Waals surface area (Å²) in [7, 11) is -5.54. The number of esters is 1. The van der Waals surface area contributed by atoms with Crippen LogP contribution in [0.1, 0.15) is 92.4 Å². The molecule has 0 saturated carbocycles. The Hall–Kier alpha value is -4.63. The topological polar surface area (TPSA) is 229 Å². The van der Waals surface area contributed by atoms with Crippen molar-refractivity contribution in [2.75, 3.05) is 37.8 Å². The third-order valence-corrected chi connectivity index (χ3v) is 29.0. The van der Waals surface area contributed by atoms with E-state index in [-0.39, 0.29) is 49.0 Å². The summed E-state index contributed by atoms with van der Waals surface area (Å²) in [6.45, 7) is 19.6. The second-order valence-corrected chi connectivity index (χ2v) is 38.9. The van der Waals surface area contributed by atoms with E-state index in [2.05, 4.69) is 82.5 Å². The van der Waals surface area contributed by atoms with Gasteiger partial charge in [0.1, 0.15) is 85.2 Å². The molecule has 0 spiro atoms. The van der Waals surface area contributed by atoms with E-state index in [1.54, 1.807) is 51.9 Å². The lowest BCUT2D eigenvalue weighted by atomic mass is 10.1. The number of anilines is 1. The molecule has 438 valence electrons.